The lowest BCUT2D eigenvalue weighted by Crippen LogP contribution is -2.32. The van der Waals surface area contributed by atoms with E-state index in [4.69, 9.17) is 16.0 Å². The summed E-state index contributed by atoms with van der Waals surface area (Å²) >= 11 is 7.61. The number of carbonyl (C=O) groups excluding carboxylic acids is 1. The number of thiazole rings is 1. The number of furan rings is 1. The molecule has 5 nitrogen and oxygen atoms in total. The van der Waals surface area contributed by atoms with Crippen molar-refractivity contribution in [3.8, 4) is 0 Å². The van der Waals surface area contributed by atoms with Crippen molar-refractivity contribution in [1.82, 2.24) is 9.88 Å². The number of aromatic nitrogens is 1. The number of aryl methyl sites for hydroxylation is 1. The minimum absolute atomic E-state index is 0.278. The second-order valence-electron chi connectivity index (χ2n) is 7.23. The quantitative estimate of drug-likeness (QED) is 0.639. The highest BCUT2D eigenvalue weighted by molar-refractivity contribution is 7.14. The summed E-state index contributed by atoms with van der Waals surface area (Å²) in [6, 6.07) is 5.50. The summed E-state index contributed by atoms with van der Waals surface area (Å²) < 4.78 is 5.73. The molecule has 1 aromatic carbocycles. The third-order valence-electron chi connectivity index (χ3n) is 5.16. The van der Waals surface area contributed by atoms with Crippen molar-refractivity contribution in [2.45, 2.75) is 33.2 Å². The molecule has 1 aliphatic heterocycles. The van der Waals surface area contributed by atoms with E-state index in [1.54, 1.807) is 6.07 Å². The summed E-state index contributed by atoms with van der Waals surface area (Å²) in [5.74, 6) is 0.791. The van der Waals surface area contributed by atoms with E-state index in [2.05, 4.69) is 22.1 Å². The number of likely N-dealkylation sites (tertiary alicyclic amines) is 1. The molecule has 0 bridgehead atoms. The lowest BCUT2D eigenvalue weighted by atomic mass is 9.99. The molecule has 3 heterocycles. The Morgan fingerprint density at radius 3 is 2.93 bits per heavy atom. The summed E-state index contributed by atoms with van der Waals surface area (Å²) in [6.07, 6.45) is 2.48. The Morgan fingerprint density at radius 1 is 1.41 bits per heavy atom. The highest BCUT2D eigenvalue weighted by atomic mass is 35.5. The fourth-order valence-electron chi connectivity index (χ4n) is 3.47. The molecule has 4 rings (SSSR count). The van der Waals surface area contributed by atoms with Gasteiger partial charge in [0.15, 0.2) is 16.5 Å². The van der Waals surface area contributed by atoms with Gasteiger partial charge < -0.3 is 4.42 Å². The van der Waals surface area contributed by atoms with Crippen LogP contribution >= 0.6 is 22.9 Å². The molecule has 2 aromatic heterocycles. The first-order valence-electron chi connectivity index (χ1n) is 9.17. The van der Waals surface area contributed by atoms with Gasteiger partial charge in [0.25, 0.3) is 5.91 Å². The van der Waals surface area contributed by atoms with E-state index >= 15 is 0 Å². The van der Waals surface area contributed by atoms with Crippen molar-refractivity contribution in [3.05, 3.63) is 45.6 Å². The van der Waals surface area contributed by atoms with E-state index in [1.165, 1.54) is 24.2 Å². The molecule has 1 aliphatic rings. The van der Waals surface area contributed by atoms with Gasteiger partial charge in [0.1, 0.15) is 0 Å². The smallest absolute Gasteiger partial charge is 0.293 e. The number of halogens is 1. The Bertz CT molecular complexity index is 973. The fraction of sp³-hybridized carbons (Fsp3) is 0.400. The predicted octanol–water partition coefficient (Wildman–Crippen LogP) is 5.34. The van der Waals surface area contributed by atoms with Crippen molar-refractivity contribution >= 4 is 44.9 Å². The summed E-state index contributed by atoms with van der Waals surface area (Å²) in [5, 5.41) is 6.81. The van der Waals surface area contributed by atoms with Crippen LogP contribution in [0.1, 0.15) is 41.6 Å². The van der Waals surface area contributed by atoms with Crippen LogP contribution in [0.2, 0.25) is 5.02 Å². The predicted molar refractivity (Wildman–Crippen MR) is 110 cm³/mol. The number of rotatable bonds is 4. The Kier molecular flexibility index (Phi) is 5.21. The fourth-order valence-corrected chi connectivity index (χ4v) is 4.38. The number of fused-ring (bicyclic) bond motifs is 1. The standard InChI is InChI=1S/C20H22ClN3O2S/c1-12-6-8-24(9-7-12)10-14-11-27-20(22-14)23-19(25)17-13(2)15-4-3-5-16(21)18(15)26-17/h3-5,11-12H,6-10H2,1-2H3,(H,22,23,25). The van der Waals surface area contributed by atoms with Gasteiger partial charge in [0, 0.05) is 22.9 Å². The van der Waals surface area contributed by atoms with E-state index in [0.717, 1.165) is 42.2 Å². The van der Waals surface area contributed by atoms with Crippen LogP contribution in [-0.2, 0) is 6.54 Å². The van der Waals surface area contributed by atoms with Gasteiger partial charge in [-0.1, -0.05) is 30.7 Å². The van der Waals surface area contributed by atoms with Gasteiger partial charge in [-0.2, -0.15) is 0 Å². The maximum Gasteiger partial charge on any atom is 0.293 e. The van der Waals surface area contributed by atoms with Gasteiger partial charge in [-0.15, -0.1) is 11.3 Å². The minimum atomic E-state index is -0.299. The summed E-state index contributed by atoms with van der Waals surface area (Å²) in [4.78, 5) is 19.6. The van der Waals surface area contributed by atoms with Gasteiger partial charge in [-0.25, -0.2) is 4.98 Å². The van der Waals surface area contributed by atoms with Gasteiger partial charge in [-0.05, 0) is 44.8 Å². The Balaban J connectivity index is 1.45. The monoisotopic (exact) mass is 403 g/mol. The van der Waals surface area contributed by atoms with Gasteiger partial charge in [0.2, 0.25) is 0 Å². The number of anilines is 1. The van der Waals surface area contributed by atoms with Crippen LogP contribution in [0.4, 0.5) is 5.13 Å². The molecule has 1 saturated heterocycles. The van der Waals surface area contributed by atoms with Crippen LogP contribution in [0.3, 0.4) is 0 Å². The molecule has 7 heteroatoms. The molecule has 1 amide bonds. The lowest BCUT2D eigenvalue weighted by Gasteiger charge is -2.29. The van der Waals surface area contributed by atoms with Crippen LogP contribution < -0.4 is 5.32 Å². The number of hydrogen-bond acceptors (Lipinski definition) is 5. The second kappa shape index (κ2) is 7.62. The molecule has 0 spiro atoms. The Morgan fingerprint density at radius 2 is 2.19 bits per heavy atom. The molecule has 1 fully saturated rings. The maximum atomic E-state index is 12.7. The zero-order valence-electron chi connectivity index (χ0n) is 15.4. The number of hydrogen-bond donors (Lipinski definition) is 1. The highest BCUT2D eigenvalue weighted by Crippen LogP contribution is 2.31. The molecule has 0 atom stereocenters. The number of para-hydroxylation sites is 1. The average molecular weight is 404 g/mol. The van der Waals surface area contributed by atoms with Crippen molar-refractivity contribution in [3.63, 3.8) is 0 Å². The first-order chi connectivity index (χ1) is 13.0. The van der Waals surface area contributed by atoms with E-state index in [9.17, 15) is 4.79 Å². The van der Waals surface area contributed by atoms with Crippen molar-refractivity contribution in [2.75, 3.05) is 18.4 Å². The third kappa shape index (κ3) is 3.88. The topological polar surface area (TPSA) is 58.4 Å². The molecule has 0 radical (unpaired) electrons. The number of nitrogens with one attached hydrogen (secondary N) is 1. The Hall–Kier alpha value is -1.89. The van der Waals surface area contributed by atoms with E-state index in [1.807, 2.05) is 24.4 Å². The highest BCUT2D eigenvalue weighted by Gasteiger charge is 2.21. The van der Waals surface area contributed by atoms with E-state index in [-0.39, 0.29) is 11.7 Å². The number of piperidine rings is 1. The summed E-state index contributed by atoms with van der Waals surface area (Å²) in [7, 11) is 0. The summed E-state index contributed by atoms with van der Waals surface area (Å²) in [5.41, 5.74) is 2.32. The van der Waals surface area contributed by atoms with E-state index in [0.29, 0.717) is 15.7 Å². The zero-order valence-corrected chi connectivity index (χ0v) is 17.0. The molecule has 142 valence electrons. The maximum absolute atomic E-state index is 12.7. The molecule has 0 aliphatic carbocycles. The number of amides is 1. The van der Waals surface area contributed by atoms with Gasteiger partial charge in [0.05, 0.1) is 10.7 Å². The molecule has 1 N–H and O–H groups in total. The SMILES string of the molecule is Cc1c(C(=O)Nc2nc(CN3CCC(C)CC3)cs2)oc2c(Cl)cccc12. The van der Waals surface area contributed by atoms with Crippen LogP contribution in [0, 0.1) is 12.8 Å². The Labute approximate surface area is 167 Å². The minimum Gasteiger partial charge on any atom is -0.449 e. The summed E-state index contributed by atoms with van der Waals surface area (Å²) in [6.45, 7) is 7.22. The average Bonchev–Trinajstić information content (AvgIpc) is 3.22. The first-order valence-corrected chi connectivity index (χ1v) is 10.4. The van der Waals surface area contributed by atoms with E-state index < -0.39 is 0 Å². The molecule has 3 aromatic rings. The van der Waals surface area contributed by atoms with Gasteiger partial charge in [-0.3, -0.25) is 15.0 Å². The zero-order chi connectivity index (χ0) is 19.0. The third-order valence-corrected chi connectivity index (χ3v) is 6.26. The number of nitrogens with zero attached hydrogens (tertiary/aromatic N) is 2. The van der Waals surface area contributed by atoms with Crippen LogP contribution in [0.25, 0.3) is 11.0 Å². The van der Waals surface area contributed by atoms with Crippen molar-refractivity contribution in [1.29, 1.82) is 0 Å². The second-order valence-corrected chi connectivity index (χ2v) is 8.49. The van der Waals surface area contributed by atoms with Crippen LogP contribution in [0.5, 0.6) is 0 Å². The molecular formula is C20H22ClN3O2S. The van der Waals surface area contributed by atoms with Crippen LogP contribution in [-0.4, -0.2) is 28.9 Å². The molecule has 0 saturated carbocycles. The normalized spacial score (nSPS) is 16.1. The molecular weight excluding hydrogens is 382 g/mol. The number of benzene rings is 1. The van der Waals surface area contributed by atoms with Crippen molar-refractivity contribution in [2.24, 2.45) is 5.92 Å². The van der Waals surface area contributed by atoms with Crippen LogP contribution in [0.15, 0.2) is 28.0 Å². The molecule has 27 heavy (non-hydrogen) atoms. The molecule has 0 unspecified atom stereocenters. The van der Waals surface area contributed by atoms with Crippen molar-refractivity contribution < 1.29 is 9.21 Å². The first kappa shape index (κ1) is 18.5. The largest absolute Gasteiger partial charge is 0.449 e. The lowest BCUT2D eigenvalue weighted by molar-refractivity contribution is 0.0998. The van der Waals surface area contributed by atoms with Gasteiger partial charge >= 0.3 is 0 Å². The number of carbonyl (C=O) groups is 1.